The summed E-state index contributed by atoms with van der Waals surface area (Å²) in [5.74, 6) is -0.131. The van der Waals surface area contributed by atoms with Crippen LogP contribution in [0.3, 0.4) is 0 Å². The van der Waals surface area contributed by atoms with Crippen LogP contribution in [0.1, 0.15) is 42.6 Å². The van der Waals surface area contributed by atoms with Crippen molar-refractivity contribution in [1.82, 2.24) is 0 Å². The smallest absolute Gasteiger partial charge is 0.309 e. The largest absolute Gasteiger partial charge is 0.466 e. The van der Waals surface area contributed by atoms with E-state index in [9.17, 15) is 9.59 Å². The van der Waals surface area contributed by atoms with E-state index in [0.29, 0.717) is 12.2 Å². The fraction of sp³-hybridized carbons (Fsp3) is 0.444. The van der Waals surface area contributed by atoms with Gasteiger partial charge in [0.25, 0.3) is 0 Å². The third kappa shape index (κ3) is 3.56. The average Bonchev–Trinajstić information content (AvgIpc) is 2.54. The summed E-state index contributed by atoms with van der Waals surface area (Å²) in [4.78, 5) is 25.3. The van der Waals surface area contributed by atoms with Crippen molar-refractivity contribution in [1.29, 1.82) is 0 Å². The Morgan fingerprint density at radius 2 is 2.09 bits per heavy atom. The standard InChI is InChI=1S/C18H23NO3/c1-4-22-18(21)14-7-9-19(10-8-14)17-11-15(13(2)3)5-6-16(17)12-20/h5-6,11-12,14H,2,4,7-10H2,1,3H3. The molecule has 0 amide bonds. The third-order valence-electron chi connectivity index (χ3n) is 4.11. The molecule has 0 spiro atoms. The average molecular weight is 301 g/mol. The van der Waals surface area contributed by atoms with Gasteiger partial charge in [-0.3, -0.25) is 9.59 Å². The van der Waals surface area contributed by atoms with Crippen molar-refractivity contribution < 1.29 is 14.3 Å². The highest BCUT2D eigenvalue weighted by atomic mass is 16.5. The minimum absolute atomic E-state index is 0.0276. The lowest BCUT2D eigenvalue weighted by Crippen LogP contribution is -2.37. The molecule has 1 saturated heterocycles. The number of nitrogens with zero attached hydrogens (tertiary/aromatic N) is 1. The lowest BCUT2D eigenvalue weighted by molar-refractivity contribution is -0.148. The zero-order valence-electron chi connectivity index (χ0n) is 13.3. The van der Waals surface area contributed by atoms with Crippen LogP contribution in [0.15, 0.2) is 24.8 Å². The number of allylic oxidation sites excluding steroid dienone is 1. The second-order valence-electron chi connectivity index (χ2n) is 5.69. The molecule has 0 saturated carbocycles. The molecule has 0 atom stereocenters. The molecule has 1 heterocycles. The van der Waals surface area contributed by atoms with Gasteiger partial charge < -0.3 is 9.64 Å². The molecule has 4 nitrogen and oxygen atoms in total. The minimum Gasteiger partial charge on any atom is -0.466 e. The Balaban J connectivity index is 2.13. The van der Waals surface area contributed by atoms with Gasteiger partial charge >= 0.3 is 5.97 Å². The predicted octanol–water partition coefficient (Wildman–Crippen LogP) is 3.31. The van der Waals surface area contributed by atoms with Crippen LogP contribution in [-0.4, -0.2) is 32.0 Å². The highest BCUT2D eigenvalue weighted by molar-refractivity contribution is 5.86. The van der Waals surface area contributed by atoms with E-state index < -0.39 is 0 Å². The Morgan fingerprint density at radius 3 is 2.64 bits per heavy atom. The van der Waals surface area contributed by atoms with Gasteiger partial charge in [-0.2, -0.15) is 0 Å². The molecule has 4 heteroatoms. The number of aldehydes is 1. The van der Waals surface area contributed by atoms with Crippen molar-refractivity contribution in [3.8, 4) is 0 Å². The van der Waals surface area contributed by atoms with Crippen molar-refractivity contribution in [2.24, 2.45) is 5.92 Å². The molecule has 0 bridgehead atoms. The molecule has 0 aliphatic carbocycles. The van der Waals surface area contributed by atoms with E-state index in [1.165, 1.54) is 0 Å². The Morgan fingerprint density at radius 1 is 1.41 bits per heavy atom. The molecule has 1 aliphatic heterocycles. The van der Waals surface area contributed by atoms with E-state index in [1.807, 2.05) is 32.0 Å². The number of rotatable bonds is 5. The molecule has 1 aromatic rings. The number of piperidine rings is 1. The highest BCUT2D eigenvalue weighted by Gasteiger charge is 2.27. The van der Waals surface area contributed by atoms with Gasteiger partial charge in [0.15, 0.2) is 6.29 Å². The summed E-state index contributed by atoms with van der Waals surface area (Å²) in [6, 6.07) is 5.77. The van der Waals surface area contributed by atoms with Crippen LogP contribution < -0.4 is 4.90 Å². The molecular formula is C18H23NO3. The van der Waals surface area contributed by atoms with Gasteiger partial charge in [-0.1, -0.05) is 18.2 Å². The highest BCUT2D eigenvalue weighted by Crippen LogP contribution is 2.29. The maximum atomic E-state index is 11.8. The minimum atomic E-state index is -0.103. The molecule has 22 heavy (non-hydrogen) atoms. The Hall–Kier alpha value is -2.10. The van der Waals surface area contributed by atoms with E-state index in [1.54, 1.807) is 0 Å². The van der Waals surface area contributed by atoms with E-state index in [4.69, 9.17) is 4.74 Å². The van der Waals surface area contributed by atoms with Crippen molar-refractivity contribution in [3.05, 3.63) is 35.9 Å². The SMILES string of the molecule is C=C(C)c1ccc(C=O)c(N2CCC(C(=O)OCC)CC2)c1. The van der Waals surface area contributed by atoms with Crippen LogP contribution in [-0.2, 0) is 9.53 Å². The van der Waals surface area contributed by atoms with E-state index >= 15 is 0 Å². The fourth-order valence-corrected chi connectivity index (χ4v) is 2.80. The predicted molar refractivity (Wildman–Crippen MR) is 88.1 cm³/mol. The number of carbonyl (C=O) groups excluding carboxylic acids is 2. The number of ether oxygens (including phenoxy) is 1. The van der Waals surface area contributed by atoms with Gasteiger partial charge in [0.05, 0.1) is 12.5 Å². The zero-order chi connectivity index (χ0) is 16.1. The van der Waals surface area contributed by atoms with Crippen molar-refractivity contribution in [2.75, 3.05) is 24.6 Å². The van der Waals surface area contributed by atoms with Gasteiger partial charge in [-0.25, -0.2) is 0 Å². The molecule has 1 fully saturated rings. The van der Waals surface area contributed by atoms with Gasteiger partial charge in [-0.15, -0.1) is 0 Å². The maximum absolute atomic E-state index is 11.8. The van der Waals surface area contributed by atoms with Gasteiger partial charge in [0, 0.05) is 24.3 Å². The summed E-state index contributed by atoms with van der Waals surface area (Å²) in [5.41, 5.74) is 3.62. The van der Waals surface area contributed by atoms with E-state index in [2.05, 4.69) is 11.5 Å². The Labute approximate surface area is 131 Å². The van der Waals surface area contributed by atoms with Gasteiger partial charge in [0.1, 0.15) is 0 Å². The lowest BCUT2D eigenvalue weighted by atomic mass is 9.95. The number of hydrogen-bond acceptors (Lipinski definition) is 4. The number of benzene rings is 1. The summed E-state index contributed by atoms with van der Waals surface area (Å²) in [5, 5.41) is 0. The number of carbonyl (C=O) groups is 2. The third-order valence-corrected chi connectivity index (χ3v) is 4.11. The first-order valence-electron chi connectivity index (χ1n) is 7.73. The van der Waals surface area contributed by atoms with Crippen LogP contribution in [0.2, 0.25) is 0 Å². The number of hydrogen-bond donors (Lipinski definition) is 0. The summed E-state index contributed by atoms with van der Waals surface area (Å²) < 4.78 is 5.09. The molecule has 0 N–H and O–H groups in total. The molecule has 1 aromatic carbocycles. The number of anilines is 1. The first-order valence-corrected chi connectivity index (χ1v) is 7.73. The summed E-state index contributed by atoms with van der Waals surface area (Å²) in [6.07, 6.45) is 2.40. The number of esters is 1. The zero-order valence-corrected chi connectivity index (χ0v) is 13.3. The van der Waals surface area contributed by atoms with E-state index in [0.717, 1.165) is 49.0 Å². The summed E-state index contributed by atoms with van der Waals surface area (Å²) in [7, 11) is 0. The Kier molecular flexibility index (Phi) is 5.36. The lowest BCUT2D eigenvalue weighted by Gasteiger charge is -2.33. The van der Waals surface area contributed by atoms with Crippen molar-refractivity contribution in [3.63, 3.8) is 0 Å². The summed E-state index contributed by atoms with van der Waals surface area (Å²) in [6.45, 7) is 9.67. The van der Waals surface area contributed by atoms with Gasteiger partial charge in [0.2, 0.25) is 0 Å². The van der Waals surface area contributed by atoms with Crippen LogP contribution in [0.25, 0.3) is 5.57 Å². The van der Waals surface area contributed by atoms with Crippen LogP contribution in [0.4, 0.5) is 5.69 Å². The molecular weight excluding hydrogens is 278 g/mol. The Bertz CT molecular complexity index is 572. The molecule has 0 aromatic heterocycles. The first-order chi connectivity index (χ1) is 10.6. The summed E-state index contributed by atoms with van der Waals surface area (Å²) >= 11 is 0. The van der Waals surface area contributed by atoms with E-state index in [-0.39, 0.29) is 11.9 Å². The molecule has 2 rings (SSSR count). The topological polar surface area (TPSA) is 46.6 Å². The van der Waals surface area contributed by atoms with Gasteiger partial charge in [-0.05, 0) is 44.4 Å². The molecule has 118 valence electrons. The fourth-order valence-electron chi connectivity index (χ4n) is 2.80. The van der Waals surface area contributed by atoms with Crippen LogP contribution in [0.5, 0.6) is 0 Å². The first kappa shape index (κ1) is 16.3. The van der Waals surface area contributed by atoms with Crippen LogP contribution >= 0.6 is 0 Å². The maximum Gasteiger partial charge on any atom is 0.309 e. The van der Waals surface area contributed by atoms with Crippen LogP contribution in [0, 0.1) is 5.92 Å². The second-order valence-corrected chi connectivity index (χ2v) is 5.69. The van der Waals surface area contributed by atoms with Crippen molar-refractivity contribution in [2.45, 2.75) is 26.7 Å². The second kappa shape index (κ2) is 7.25. The molecule has 0 unspecified atom stereocenters. The monoisotopic (exact) mass is 301 g/mol. The molecule has 0 radical (unpaired) electrons. The molecule has 1 aliphatic rings. The normalized spacial score (nSPS) is 15.5. The quantitative estimate of drug-likeness (QED) is 0.618. The van der Waals surface area contributed by atoms with Crippen molar-refractivity contribution >= 4 is 23.5 Å².